The lowest BCUT2D eigenvalue weighted by atomic mass is 9.89. The van der Waals surface area contributed by atoms with Gasteiger partial charge in [0, 0.05) is 106 Å². The minimum absolute atomic E-state index is 0.0632. The fourth-order valence-corrected chi connectivity index (χ4v) is 9.02. The van der Waals surface area contributed by atoms with Crippen LogP contribution < -0.4 is 25.3 Å². The lowest BCUT2D eigenvalue weighted by molar-refractivity contribution is -0.120. The molecule has 10 nitrogen and oxygen atoms in total. The summed E-state index contributed by atoms with van der Waals surface area (Å²) in [6.45, 7) is 11.5. The summed E-state index contributed by atoms with van der Waals surface area (Å²) in [5, 5.41) is 6.81. The largest absolute Gasteiger partial charge is 0.378 e. The van der Waals surface area contributed by atoms with Crippen LogP contribution in [0.2, 0.25) is 5.02 Å². The molecule has 0 aromatic heterocycles. The zero-order valence-corrected chi connectivity index (χ0v) is 32.5. The van der Waals surface area contributed by atoms with Gasteiger partial charge >= 0.3 is 6.03 Å². The summed E-state index contributed by atoms with van der Waals surface area (Å²) in [6, 6.07) is 31.9. The minimum atomic E-state index is -0.344. The molecule has 11 heteroatoms. The molecule has 0 radical (unpaired) electrons. The highest BCUT2D eigenvalue weighted by atomic mass is 35.5. The van der Waals surface area contributed by atoms with Gasteiger partial charge in [0.25, 0.3) is 0 Å². The highest BCUT2D eigenvalue weighted by Gasteiger charge is 2.33. The number of anilines is 4. The molecule has 286 valence electrons. The fraction of sp³-hybridized carbons (Fsp3) is 0.386. The summed E-state index contributed by atoms with van der Waals surface area (Å²) < 4.78 is 0. The van der Waals surface area contributed by atoms with Crippen LogP contribution in [0.25, 0.3) is 11.1 Å². The third-order valence-electron chi connectivity index (χ3n) is 11.9. The van der Waals surface area contributed by atoms with Crippen molar-refractivity contribution in [1.29, 1.82) is 0 Å². The number of amides is 4. The van der Waals surface area contributed by atoms with Crippen LogP contribution in [0.4, 0.5) is 27.5 Å². The molecule has 2 atom stereocenters. The first-order chi connectivity index (χ1) is 26.7. The van der Waals surface area contributed by atoms with Gasteiger partial charge < -0.3 is 15.1 Å². The lowest BCUT2D eigenvalue weighted by Gasteiger charge is -2.43. The molecule has 55 heavy (non-hydrogen) atoms. The highest BCUT2D eigenvalue weighted by molar-refractivity contribution is 6.30. The Balaban J connectivity index is 0.846. The first kappa shape index (κ1) is 37.0. The number of benzene rings is 4. The highest BCUT2D eigenvalue weighted by Crippen LogP contribution is 2.41. The molecule has 2 unspecified atom stereocenters. The molecule has 4 aliphatic heterocycles. The molecule has 0 saturated carbocycles. The number of hydrogen-bond donors (Lipinski definition) is 2. The third-order valence-corrected chi connectivity index (χ3v) is 12.1. The molecule has 0 bridgehead atoms. The van der Waals surface area contributed by atoms with Crippen molar-refractivity contribution in [1.82, 2.24) is 15.1 Å². The Morgan fingerprint density at radius 2 is 1.47 bits per heavy atom. The van der Waals surface area contributed by atoms with Crippen LogP contribution in [0.5, 0.6) is 0 Å². The maximum absolute atomic E-state index is 12.7. The van der Waals surface area contributed by atoms with E-state index in [1.165, 1.54) is 16.8 Å². The summed E-state index contributed by atoms with van der Waals surface area (Å²) in [7, 11) is 0. The van der Waals surface area contributed by atoms with Crippen LogP contribution >= 0.6 is 11.6 Å². The van der Waals surface area contributed by atoms with Gasteiger partial charge in [0.2, 0.25) is 11.8 Å². The topological polar surface area (TPSA) is 91.5 Å². The summed E-state index contributed by atoms with van der Waals surface area (Å²) in [5.74, 6) is -0.150. The van der Waals surface area contributed by atoms with Crippen molar-refractivity contribution in [3.8, 4) is 11.1 Å². The molecule has 8 rings (SSSR count). The number of piperazine rings is 1. The zero-order chi connectivity index (χ0) is 38.1. The van der Waals surface area contributed by atoms with Crippen LogP contribution in [-0.4, -0.2) is 85.5 Å². The molecule has 0 aliphatic carbocycles. The van der Waals surface area contributed by atoms with Crippen molar-refractivity contribution in [2.75, 3.05) is 65.8 Å². The van der Waals surface area contributed by atoms with Crippen LogP contribution in [0.1, 0.15) is 56.7 Å². The number of nitrogens with one attached hydrogen (secondary N) is 2. The Labute approximate surface area is 329 Å². The van der Waals surface area contributed by atoms with Gasteiger partial charge in [-0.05, 0) is 109 Å². The molecule has 4 amide bonds. The van der Waals surface area contributed by atoms with Crippen molar-refractivity contribution in [3.05, 3.63) is 107 Å². The van der Waals surface area contributed by atoms with E-state index in [1.807, 2.05) is 41.3 Å². The number of carbonyl (C=O) groups is 3. The summed E-state index contributed by atoms with van der Waals surface area (Å²) in [4.78, 5) is 47.7. The van der Waals surface area contributed by atoms with E-state index >= 15 is 0 Å². The number of urea groups is 1. The molecule has 3 fully saturated rings. The van der Waals surface area contributed by atoms with E-state index in [1.54, 1.807) is 11.8 Å². The summed E-state index contributed by atoms with van der Waals surface area (Å²) in [5.41, 5.74) is 8.75. The van der Waals surface area contributed by atoms with Crippen LogP contribution in [0.15, 0.2) is 91.0 Å². The number of hydrogen-bond acceptors (Lipinski definition) is 7. The summed E-state index contributed by atoms with van der Waals surface area (Å²) >= 11 is 6.16. The average Bonchev–Trinajstić information content (AvgIpc) is 3.19. The van der Waals surface area contributed by atoms with Gasteiger partial charge in [0.1, 0.15) is 0 Å². The second-order valence-corrected chi connectivity index (χ2v) is 15.9. The number of carbonyl (C=O) groups excluding carboxylic acids is 3. The van der Waals surface area contributed by atoms with Crippen molar-refractivity contribution >= 4 is 52.2 Å². The van der Waals surface area contributed by atoms with E-state index in [9.17, 15) is 14.4 Å². The lowest BCUT2D eigenvalue weighted by Crippen LogP contribution is -2.53. The Kier molecular flexibility index (Phi) is 10.8. The Morgan fingerprint density at radius 1 is 0.800 bits per heavy atom. The molecule has 4 aromatic carbocycles. The van der Waals surface area contributed by atoms with E-state index in [2.05, 4.69) is 86.9 Å². The monoisotopic (exact) mass is 759 g/mol. The van der Waals surface area contributed by atoms with Crippen molar-refractivity contribution in [2.24, 2.45) is 0 Å². The van der Waals surface area contributed by atoms with Gasteiger partial charge in [0.15, 0.2) is 0 Å². The van der Waals surface area contributed by atoms with Crippen LogP contribution in [-0.2, 0) is 16.1 Å². The molecular formula is C44H50ClN7O3. The fourth-order valence-electron chi connectivity index (χ4n) is 8.90. The predicted octanol–water partition coefficient (Wildman–Crippen LogP) is 7.54. The average molecular weight is 760 g/mol. The minimum Gasteiger partial charge on any atom is -0.378 e. The molecule has 4 aromatic rings. The van der Waals surface area contributed by atoms with Gasteiger partial charge in [-0.25, -0.2) is 4.79 Å². The molecule has 3 saturated heterocycles. The maximum Gasteiger partial charge on any atom is 0.328 e. The SMILES string of the molecule is CC(=O)N1c2ccc(-c3ccc(N4CCC(N5CCN(Cc6ccc(N7CCC(=O)NC7=O)cc6)CC5)CC4)cc3)cc2C(Nc2ccc(Cl)cc2)CC1C. The van der Waals surface area contributed by atoms with E-state index < -0.39 is 0 Å². The van der Waals surface area contributed by atoms with Gasteiger partial charge in [-0.1, -0.05) is 41.9 Å². The van der Waals surface area contributed by atoms with Gasteiger partial charge in [-0.3, -0.25) is 29.6 Å². The van der Waals surface area contributed by atoms with Gasteiger partial charge in [-0.15, -0.1) is 0 Å². The van der Waals surface area contributed by atoms with E-state index in [-0.39, 0.29) is 29.9 Å². The Hall–Kier alpha value is -4.90. The van der Waals surface area contributed by atoms with Crippen LogP contribution in [0.3, 0.4) is 0 Å². The third kappa shape index (κ3) is 8.22. The molecule has 4 heterocycles. The first-order valence-corrected chi connectivity index (χ1v) is 20.0. The van der Waals surface area contributed by atoms with Crippen LogP contribution in [0, 0.1) is 0 Å². The summed E-state index contributed by atoms with van der Waals surface area (Å²) in [6.07, 6.45) is 3.47. The molecular weight excluding hydrogens is 710 g/mol. The molecule has 2 N–H and O–H groups in total. The first-order valence-electron chi connectivity index (χ1n) is 19.7. The standard InChI is InChI=1S/C44H50ClN7O3/c1-30-27-41(46-36-10-8-35(45)9-11-36)40-28-34(7-16-42(40)52(30)31(2)53)33-5-14-37(15-6-33)49-20-17-38(18-21-49)50-25-23-48(24-26-50)29-32-3-12-39(13-4-32)51-22-19-43(54)47-44(51)55/h3-16,28,30,38,41,46H,17-27,29H2,1-2H3,(H,47,54,55). The number of halogens is 1. The van der Waals surface area contributed by atoms with Crippen molar-refractivity contribution < 1.29 is 14.4 Å². The zero-order valence-electron chi connectivity index (χ0n) is 31.7. The van der Waals surface area contributed by atoms with Crippen molar-refractivity contribution in [2.45, 2.75) is 64.2 Å². The number of piperidine rings is 1. The van der Waals surface area contributed by atoms with E-state index in [0.29, 0.717) is 24.0 Å². The second-order valence-electron chi connectivity index (χ2n) is 15.4. The number of nitrogens with zero attached hydrogens (tertiary/aromatic N) is 5. The van der Waals surface area contributed by atoms with Gasteiger partial charge in [0.05, 0.1) is 6.04 Å². The Bertz CT molecular complexity index is 2010. The number of imide groups is 1. The van der Waals surface area contributed by atoms with E-state index in [4.69, 9.17) is 11.6 Å². The number of fused-ring (bicyclic) bond motifs is 1. The maximum atomic E-state index is 12.7. The number of rotatable bonds is 8. The normalized spacial score (nSPS) is 21.3. The van der Waals surface area contributed by atoms with E-state index in [0.717, 1.165) is 93.3 Å². The second kappa shape index (κ2) is 16.1. The predicted molar refractivity (Wildman–Crippen MR) is 221 cm³/mol. The molecule has 0 spiro atoms. The smallest absolute Gasteiger partial charge is 0.328 e. The van der Waals surface area contributed by atoms with Gasteiger partial charge in [-0.2, -0.15) is 0 Å². The Morgan fingerprint density at radius 3 is 2.15 bits per heavy atom. The van der Waals surface area contributed by atoms with Crippen molar-refractivity contribution in [3.63, 3.8) is 0 Å². The molecule has 4 aliphatic rings. The quantitative estimate of drug-likeness (QED) is 0.192.